The number of benzene rings is 1. The van der Waals surface area contributed by atoms with Crippen LogP contribution in [0, 0.1) is 18.3 Å². The van der Waals surface area contributed by atoms with Gasteiger partial charge in [-0.25, -0.2) is 9.97 Å². The Balaban J connectivity index is 2.10. The molecule has 1 aromatic carbocycles. The van der Waals surface area contributed by atoms with Gasteiger partial charge in [-0.15, -0.1) is 0 Å². The molecule has 2 atom stereocenters. The van der Waals surface area contributed by atoms with Crippen molar-refractivity contribution in [2.75, 3.05) is 12.8 Å². The van der Waals surface area contributed by atoms with Gasteiger partial charge in [0.2, 0.25) is 0 Å². The van der Waals surface area contributed by atoms with Crippen molar-refractivity contribution in [1.29, 1.82) is 5.26 Å². The van der Waals surface area contributed by atoms with Gasteiger partial charge in [-0.05, 0) is 45.4 Å². The number of aromatic hydroxyl groups is 1. The van der Waals surface area contributed by atoms with Gasteiger partial charge in [0.1, 0.15) is 23.2 Å². The molecule has 0 spiro atoms. The zero-order chi connectivity index (χ0) is 18.0. The lowest BCUT2D eigenvalue weighted by molar-refractivity contribution is 0.351. The number of rotatable bonds is 3. The normalized spacial score (nSPS) is 20.2. The molecule has 1 aliphatic carbocycles. The lowest BCUT2D eigenvalue weighted by atomic mass is 9.82. The number of nitrogens with one attached hydrogen (secondary N) is 1. The summed E-state index contributed by atoms with van der Waals surface area (Å²) in [4.78, 5) is 8.95. The van der Waals surface area contributed by atoms with Gasteiger partial charge in [0.05, 0.1) is 11.3 Å². The van der Waals surface area contributed by atoms with Crippen molar-refractivity contribution >= 4 is 5.82 Å². The summed E-state index contributed by atoms with van der Waals surface area (Å²) in [5.74, 6) is 0.823. The number of nitrogen functional groups attached to an aromatic ring is 1. The van der Waals surface area contributed by atoms with Crippen molar-refractivity contribution in [1.82, 2.24) is 15.3 Å². The molecule has 0 amide bonds. The molecule has 4 N–H and O–H groups in total. The highest BCUT2D eigenvalue weighted by Gasteiger charge is 2.27. The van der Waals surface area contributed by atoms with E-state index < -0.39 is 0 Å². The summed E-state index contributed by atoms with van der Waals surface area (Å²) in [5, 5.41) is 23.1. The number of phenolic OH excluding ortho intramolecular Hbond substituents is 1. The van der Waals surface area contributed by atoms with Gasteiger partial charge < -0.3 is 16.2 Å². The van der Waals surface area contributed by atoms with Gasteiger partial charge in [0.15, 0.2) is 5.82 Å². The quantitative estimate of drug-likeness (QED) is 0.795. The van der Waals surface area contributed by atoms with Crippen molar-refractivity contribution in [2.24, 2.45) is 0 Å². The number of aromatic nitrogens is 2. The molecule has 25 heavy (non-hydrogen) atoms. The zero-order valence-corrected chi connectivity index (χ0v) is 14.6. The molecule has 2 unspecified atom stereocenters. The van der Waals surface area contributed by atoms with E-state index in [4.69, 9.17) is 5.73 Å². The fourth-order valence-corrected chi connectivity index (χ4v) is 3.56. The molecular formula is C19H23N5O. The minimum absolute atomic E-state index is 0.109. The predicted octanol–water partition coefficient (Wildman–Crippen LogP) is 2.86. The highest BCUT2D eigenvalue weighted by Crippen LogP contribution is 2.36. The van der Waals surface area contributed by atoms with E-state index >= 15 is 0 Å². The Morgan fingerprint density at radius 2 is 2.12 bits per heavy atom. The number of nitrogens with two attached hydrogens (primary N) is 1. The first-order chi connectivity index (χ1) is 12.0. The molecule has 2 aromatic rings. The van der Waals surface area contributed by atoms with Crippen molar-refractivity contribution < 1.29 is 5.11 Å². The summed E-state index contributed by atoms with van der Waals surface area (Å²) >= 11 is 0. The Labute approximate surface area is 147 Å². The molecule has 1 heterocycles. The summed E-state index contributed by atoms with van der Waals surface area (Å²) in [7, 11) is 1.96. The zero-order valence-electron chi connectivity index (χ0n) is 14.6. The standard InChI is InChI=1S/C19H23N5O/c1-11-6-7-16(25)14(8-11)19-23-17(15(10-20)18(21)24-19)12-4-3-5-13(9-12)22-2/h6-8,12-13,22,25H,3-5,9H2,1-2H3,(H2,21,23,24). The van der Waals surface area contributed by atoms with Crippen LogP contribution in [0.25, 0.3) is 11.4 Å². The SMILES string of the molecule is CNC1CCCC(c2nc(-c3cc(C)ccc3O)nc(N)c2C#N)C1. The Morgan fingerprint density at radius 3 is 2.84 bits per heavy atom. The van der Waals surface area contributed by atoms with E-state index in [1.165, 1.54) is 0 Å². The summed E-state index contributed by atoms with van der Waals surface area (Å²) < 4.78 is 0. The summed E-state index contributed by atoms with van der Waals surface area (Å²) in [6.07, 6.45) is 4.10. The van der Waals surface area contributed by atoms with Crippen molar-refractivity contribution in [2.45, 2.75) is 44.6 Å². The molecule has 130 valence electrons. The molecule has 1 aliphatic rings. The highest BCUT2D eigenvalue weighted by molar-refractivity contribution is 5.67. The first-order valence-electron chi connectivity index (χ1n) is 8.58. The number of hydrogen-bond acceptors (Lipinski definition) is 6. The van der Waals surface area contributed by atoms with Gasteiger partial charge in [0, 0.05) is 12.0 Å². The Bertz CT molecular complexity index is 827. The van der Waals surface area contributed by atoms with E-state index in [1.807, 2.05) is 26.1 Å². The number of nitriles is 1. The highest BCUT2D eigenvalue weighted by atomic mass is 16.3. The number of aryl methyl sites for hydroxylation is 1. The van der Waals surface area contributed by atoms with Gasteiger partial charge in [-0.2, -0.15) is 5.26 Å². The van der Waals surface area contributed by atoms with E-state index in [2.05, 4.69) is 21.4 Å². The van der Waals surface area contributed by atoms with Crippen LogP contribution in [-0.4, -0.2) is 28.2 Å². The second-order valence-corrected chi connectivity index (χ2v) is 6.67. The molecule has 6 heteroatoms. The second kappa shape index (κ2) is 7.08. The number of nitrogens with zero attached hydrogens (tertiary/aromatic N) is 3. The average Bonchev–Trinajstić information content (AvgIpc) is 2.63. The maximum Gasteiger partial charge on any atom is 0.165 e. The minimum Gasteiger partial charge on any atom is -0.507 e. The average molecular weight is 337 g/mol. The Hall–Kier alpha value is -2.65. The van der Waals surface area contributed by atoms with Crippen LogP contribution in [0.2, 0.25) is 0 Å². The fraction of sp³-hybridized carbons (Fsp3) is 0.421. The molecule has 0 radical (unpaired) electrons. The first kappa shape index (κ1) is 17.2. The van der Waals surface area contributed by atoms with Gasteiger partial charge in [0.25, 0.3) is 0 Å². The molecule has 1 saturated carbocycles. The lowest BCUT2D eigenvalue weighted by Gasteiger charge is -2.29. The van der Waals surface area contributed by atoms with E-state index in [0.29, 0.717) is 28.7 Å². The smallest absolute Gasteiger partial charge is 0.165 e. The van der Waals surface area contributed by atoms with Crippen LogP contribution in [0.5, 0.6) is 5.75 Å². The molecule has 0 bridgehead atoms. The molecule has 0 aliphatic heterocycles. The molecule has 3 rings (SSSR count). The Morgan fingerprint density at radius 1 is 1.32 bits per heavy atom. The fourth-order valence-electron chi connectivity index (χ4n) is 3.56. The number of hydrogen-bond donors (Lipinski definition) is 3. The maximum absolute atomic E-state index is 10.2. The summed E-state index contributed by atoms with van der Waals surface area (Å²) in [6, 6.07) is 7.86. The Kier molecular flexibility index (Phi) is 4.86. The van der Waals surface area contributed by atoms with E-state index in [0.717, 1.165) is 31.2 Å². The van der Waals surface area contributed by atoms with Crippen LogP contribution in [0.1, 0.15) is 48.4 Å². The number of anilines is 1. The minimum atomic E-state index is 0.109. The van der Waals surface area contributed by atoms with Gasteiger partial charge >= 0.3 is 0 Å². The molecule has 0 saturated heterocycles. The van der Waals surface area contributed by atoms with Gasteiger partial charge in [-0.1, -0.05) is 18.1 Å². The van der Waals surface area contributed by atoms with Crippen molar-refractivity contribution in [3.8, 4) is 23.2 Å². The number of phenols is 1. The van der Waals surface area contributed by atoms with E-state index in [-0.39, 0.29) is 17.5 Å². The third-order valence-electron chi connectivity index (χ3n) is 4.94. The summed E-state index contributed by atoms with van der Waals surface area (Å²) in [6.45, 7) is 1.94. The predicted molar refractivity (Wildman–Crippen MR) is 97.1 cm³/mol. The van der Waals surface area contributed by atoms with E-state index in [9.17, 15) is 10.4 Å². The summed E-state index contributed by atoms with van der Waals surface area (Å²) in [5.41, 5.74) is 8.65. The monoisotopic (exact) mass is 337 g/mol. The first-order valence-corrected chi connectivity index (χ1v) is 8.58. The van der Waals surface area contributed by atoms with Crippen LogP contribution >= 0.6 is 0 Å². The second-order valence-electron chi connectivity index (χ2n) is 6.67. The molecular weight excluding hydrogens is 314 g/mol. The van der Waals surface area contributed by atoms with Crippen LogP contribution in [0.3, 0.4) is 0 Å². The largest absolute Gasteiger partial charge is 0.507 e. The third kappa shape index (κ3) is 3.42. The topological polar surface area (TPSA) is 108 Å². The van der Waals surface area contributed by atoms with Crippen molar-refractivity contribution in [3.05, 3.63) is 35.0 Å². The lowest BCUT2D eigenvalue weighted by Crippen LogP contribution is -2.31. The molecule has 1 aromatic heterocycles. The molecule has 6 nitrogen and oxygen atoms in total. The van der Waals surface area contributed by atoms with Crippen LogP contribution in [-0.2, 0) is 0 Å². The molecule has 1 fully saturated rings. The van der Waals surface area contributed by atoms with Crippen LogP contribution in [0.4, 0.5) is 5.82 Å². The van der Waals surface area contributed by atoms with Crippen molar-refractivity contribution in [3.63, 3.8) is 0 Å². The van der Waals surface area contributed by atoms with Crippen LogP contribution in [0.15, 0.2) is 18.2 Å². The van der Waals surface area contributed by atoms with Gasteiger partial charge in [-0.3, -0.25) is 0 Å². The maximum atomic E-state index is 10.2. The van der Waals surface area contributed by atoms with Crippen LogP contribution < -0.4 is 11.1 Å². The van der Waals surface area contributed by atoms with E-state index in [1.54, 1.807) is 6.07 Å². The third-order valence-corrected chi connectivity index (χ3v) is 4.94.